The van der Waals surface area contributed by atoms with Gasteiger partial charge in [0.2, 0.25) is 0 Å². The van der Waals surface area contributed by atoms with Crippen LogP contribution in [0, 0.1) is 13.8 Å². The normalized spacial score (nSPS) is 21.3. The second-order valence-corrected chi connectivity index (χ2v) is 6.87. The first kappa shape index (κ1) is 14.8. The molecule has 0 bridgehead atoms. The second-order valence-electron chi connectivity index (χ2n) is 5.92. The van der Waals surface area contributed by atoms with Crippen molar-refractivity contribution in [1.29, 1.82) is 0 Å². The number of imide groups is 1. The predicted molar refractivity (Wildman–Crippen MR) is 86.7 cm³/mol. The van der Waals surface area contributed by atoms with Crippen LogP contribution < -0.4 is 5.32 Å². The lowest BCUT2D eigenvalue weighted by Crippen LogP contribution is -2.40. The number of carbonyl (C=O) groups is 2. The molecule has 0 saturated carbocycles. The van der Waals surface area contributed by atoms with Gasteiger partial charge in [0, 0.05) is 4.88 Å². The van der Waals surface area contributed by atoms with Gasteiger partial charge in [-0.15, -0.1) is 11.3 Å². The topological polar surface area (TPSA) is 49.4 Å². The molecular formula is C17H18N2O2S. The summed E-state index contributed by atoms with van der Waals surface area (Å²) in [5, 5.41) is 4.74. The van der Waals surface area contributed by atoms with E-state index < -0.39 is 5.54 Å². The number of benzene rings is 1. The molecule has 0 radical (unpaired) electrons. The molecule has 1 N–H and O–H groups in total. The van der Waals surface area contributed by atoms with Gasteiger partial charge in [-0.1, -0.05) is 35.4 Å². The summed E-state index contributed by atoms with van der Waals surface area (Å²) in [4.78, 5) is 27.2. The molecule has 22 heavy (non-hydrogen) atoms. The summed E-state index contributed by atoms with van der Waals surface area (Å²) in [6, 6.07) is 9.52. The number of hydrogen-bond donors (Lipinski definition) is 1. The number of hydrogen-bond acceptors (Lipinski definition) is 3. The summed E-state index contributed by atoms with van der Waals surface area (Å²) in [5.74, 6) is -0.195. The van der Waals surface area contributed by atoms with Crippen LogP contribution in [0.4, 0.5) is 4.79 Å². The molecule has 1 aromatic heterocycles. The molecule has 5 heteroatoms. The minimum absolute atomic E-state index is 0.195. The van der Waals surface area contributed by atoms with Crippen molar-refractivity contribution in [1.82, 2.24) is 10.2 Å². The van der Waals surface area contributed by atoms with E-state index in [2.05, 4.69) is 11.4 Å². The van der Waals surface area contributed by atoms with Crippen LogP contribution in [0.5, 0.6) is 0 Å². The van der Waals surface area contributed by atoms with Crippen molar-refractivity contribution in [2.24, 2.45) is 0 Å². The Balaban J connectivity index is 1.89. The molecule has 2 aromatic rings. The molecule has 4 nitrogen and oxygen atoms in total. The van der Waals surface area contributed by atoms with E-state index in [4.69, 9.17) is 0 Å². The van der Waals surface area contributed by atoms with Crippen LogP contribution in [0.25, 0.3) is 0 Å². The fraction of sp³-hybridized carbons (Fsp3) is 0.294. The minimum Gasteiger partial charge on any atom is -0.319 e. The van der Waals surface area contributed by atoms with E-state index in [9.17, 15) is 9.59 Å². The summed E-state index contributed by atoms with van der Waals surface area (Å²) in [6.07, 6.45) is 0. The molecule has 1 aliphatic rings. The van der Waals surface area contributed by atoms with Gasteiger partial charge in [0.25, 0.3) is 5.91 Å². The number of rotatable bonds is 3. The van der Waals surface area contributed by atoms with Crippen LogP contribution in [0.15, 0.2) is 35.7 Å². The minimum atomic E-state index is -0.954. The zero-order valence-corrected chi connectivity index (χ0v) is 13.7. The van der Waals surface area contributed by atoms with E-state index >= 15 is 0 Å². The number of aryl methyl sites for hydroxylation is 2. The first-order valence-corrected chi connectivity index (χ1v) is 8.03. The second kappa shape index (κ2) is 5.25. The SMILES string of the molecule is Cc1cc(C)cc(CN2C(=O)NC(C)(c3cccs3)C2=O)c1. The molecule has 1 aromatic carbocycles. The summed E-state index contributed by atoms with van der Waals surface area (Å²) < 4.78 is 0. The van der Waals surface area contributed by atoms with Gasteiger partial charge in [-0.25, -0.2) is 4.79 Å². The van der Waals surface area contributed by atoms with E-state index in [0.29, 0.717) is 6.54 Å². The molecule has 1 aliphatic heterocycles. The van der Waals surface area contributed by atoms with Gasteiger partial charge in [0.1, 0.15) is 0 Å². The monoisotopic (exact) mass is 314 g/mol. The molecule has 1 fully saturated rings. The molecule has 0 aliphatic carbocycles. The molecule has 3 amide bonds. The molecule has 1 atom stereocenters. The molecule has 3 rings (SSSR count). The number of nitrogens with one attached hydrogen (secondary N) is 1. The highest BCUT2D eigenvalue weighted by atomic mass is 32.1. The Labute approximate surface area is 133 Å². The summed E-state index contributed by atoms with van der Waals surface area (Å²) in [6.45, 7) is 6.09. The van der Waals surface area contributed by atoms with Crippen molar-refractivity contribution >= 4 is 23.3 Å². The standard InChI is InChI=1S/C17H18N2O2S/c1-11-7-12(2)9-13(8-11)10-19-15(20)17(3,18-16(19)21)14-5-4-6-22-14/h4-9H,10H2,1-3H3,(H,18,21). The first-order chi connectivity index (χ1) is 10.4. The van der Waals surface area contributed by atoms with Gasteiger partial charge in [0.15, 0.2) is 5.54 Å². The van der Waals surface area contributed by atoms with Crippen LogP contribution in [0.1, 0.15) is 28.5 Å². The van der Waals surface area contributed by atoms with Gasteiger partial charge in [-0.05, 0) is 37.8 Å². The molecule has 0 spiro atoms. The van der Waals surface area contributed by atoms with E-state index in [1.165, 1.54) is 16.2 Å². The van der Waals surface area contributed by atoms with Crippen molar-refractivity contribution in [3.8, 4) is 0 Å². The highest BCUT2D eigenvalue weighted by molar-refractivity contribution is 7.10. The number of carbonyl (C=O) groups excluding carboxylic acids is 2. The van der Waals surface area contributed by atoms with Crippen molar-refractivity contribution in [2.75, 3.05) is 0 Å². The van der Waals surface area contributed by atoms with Gasteiger partial charge < -0.3 is 5.32 Å². The van der Waals surface area contributed by atoms with Crippen LogP contribution in [0.3, 0.4) is 0 Å². The van der Waals surface area contributed by atoms with Crippen LogP contribution >= 0.6 is 11.3 Å². The van der Waals surface area contributed by atoms with Crippen LogP contribution in [0.2, 0.25) is 0 Å². The Bertz CT molecular complexity index is 719. The number of urea groups is 1. The van der Waals surface area contributed by atoms with Crippen molar-refractivity contribution < 1.29 is 9.59 Å². The van der Waals surface area contributed by atoms with Gasteiger partial charge in [-0.2, -0.15) is 0 Å². The maximum Gasteiger partial charge on any atom is 0.325 e. The number of thiophene rings is 1. The highest BCUT2D eigenvalue weighted by Gasteiger charge is 2.49. The molecule has 2 heterocycles. The van der Waals surface area contributed by atoms with Crippen LogP contribution in [-0.2, 0) is 16.9 Å². The lowest BCUT2D eigenvalue weighted by molar-refractivity contribution is -0.131. The fourth-order valence-corrected chi connectivity index (χ4v) is 3.75. The molecular weight excluding hydrogens is 296 g/mol. The number of amides is 3. The Hall–Kier alpha value is -2.14. The summed E-state index contributed by atoms with van der Waals surface area (Å²) >= 11 is 1.48. The third-order valence-corrected chi connectivity index (χ3v) is 5.00. The largest absolute Gasteiger partial charge is 0.325 e. The average Bonchev–Trinajstić information content (AvgIpc) is 3.03. The Morgan fingerprint density at radius 3 is 2.45 bits per heavy atom. The third kappa shape index (κ3) is 2.41. The fourth-order valence-electron chi connectivity index (χ4n) is 2.91. The zero-order chi connectivity index (χ0) is 15.9. The van der Waals surface area contributed by atoms with Crippen molar-refractivity contribution in [2.45, 2.75) is 32.9 Å². The lowest BCUT2D eigenvalue weighted by Gasteiger charge is -2.20. The quantitative estimate of drug-likeness (QED) is 0.883. The first-order valence-electron chi connectivity index (χ1n) is 7.15. The third-order valence-electron chi connectivity index (χ3n) is 3.91. The highest BCUT2D eigenvalue weighted by Crippen LogP contribution is 2.32. The Kier molecular flexibility index (Phi) is 3.53. The summed E-state index contributed by atoms with van der Waals surface area (Å²) in [7, 11) is 0. The summed E-state index contributed by atoms with van der Waals surface area (Å²) in [5.41, 5.74) is 2.27. The predicted octanol–water partition coefficient (Wildman–Crippen LogP) is 3.33. The van der Waals surface area contributed by atoms with Gasteiger partial charge in [0.05, 0.1) is 6.54 Å². The molecule has 1 saturated heterocycles. The molecule has 1 unspecified atom stereocenters. The lowest BCUT2D eigenvalue weighted by atomic mass is 10.0. The van der Waals surface area contributed by atoms with E-state index in [-0.39, 0.29) is 11.9 Å². The zero-order valence-electron chi connectivity index (χ0n) is 12.8. The van der Waals surface area contributed by atoms with Crippen molar-refractivity contribution in [3.63, 3.8) is 0 Å². The van der Waals surface area contributed by atoms with Gasteiger partial charge >= 0.3 is 6.03 Å². The van der Waals surface area contributed by atoms with Crippen LogP contribution in [-0.4, -0.2) is 16.8 Å². The van der Waals surface area contributed by atoms with E-state index in [1.54, 1.807) is 6.92 Å². The average molecular weight is 314 g/mol. The van der Waals surface area contributed by atoms with E-state index in [0.717, 1.165) is 21.6 Å². The van der Waals surface area contributed by atoms with Gasteiger partial charge in [-0.3, -0.25) is 9.69 Å². The maximum absolute atomic E-state index is 12.8. The molecule has 114 valence electrons. The Morgan fingerprint density at radius 1 is 1.18 bits per heavy atom. The maximum atomic E-state index is 12.8. The number of nitrogens with zero attached hydrogens (tertiary/aromatic N) is 1. The Morgan fingerprint density at radius 2 is 1.86 bits per heavy atom. The van der Waals surface area contributed by atoms with E-state index in [1.807, 2.05) is 43.5 Å². The smallest absolute Gasteiger partial charge is 0.319 e. The van der Waals surface area contributed by atoms with Crippen molar-refractivity contribution in [3.05, 3.63) is 57.3 Å².